The van der Waals surface area contributed by atoms with Crippen LogP contribution < -0.4 is 5.48 Å². The predicted molar refractivity (Wildman–Crippen MR) is 74.8 cm³/mol. The zero-order chi connectivity index (χ0) is 14.5. The highest BCUT2D eigenvalue weighted by Gasteiger charge is 2.31. The molecule has 0 aromatic rings. The van der Waals surface area contributed by atoms with Crippen LogP contribution in [0.15, 0.2) is 0 Å². The van der Waals surface area contributed by atoms with Gasteiger partial charge >= 0.3 is 6.09 Å². The summed E-state index contributed by atoms with van der Waals surface area (Å²) in [6.45, 7) is 8.56. The van der Waals surface area contributed by atoms with Gasteiger partial charge in [-0.15, -0.1) is 0 Å². The number of ether oxygens (including phenoxy) is 1. The van der Waals surface area contributed by atoms with Crippen molar-refractivity contribution >= 4 is 6.09 Å². The van der Waals surface area contributed by atoms with Crippen LogP contribution >= 0.6 is 0 Å². The van der Waals surface area contributed by atoms with E-state index in [1.165, 1.54) is 6.42 Å². The first kappa shape index (κ1) is 16.2. The Kier molecular flexibility index (Phi) is 6.07. The third-order valence-corrected chi connectivity index (χ3v) is 3.20. The molecule has 1 N–H and O–H groups in total. The number of carbonyl (C=O) groups excluding carboxylic acids is 1. The zero-order valence-corrected chi connectivity index (χ0v) is 12.9. The molecule has 0 saturated carbocycles. The van der Waals surface area contributed by atoms with Crippen molar-refractivity contribution in [1.82, 2.24) is 10.4 Å². The summed E-state index contributed by atoms with van der Waals surface area (Å²) in [4.78, 5) is 19.0. The number of hydrogen-bond donors (Lipinski definition) is 1. The molecule has 0 aromatic heterocycles. The lowest BCUT2D eigenvalue weighted by Gasteiger charge is -2.37. The van der Waals surface area contributed by atoms with Crippen molar-refractivity contribution < 1.29 is 14.4 Å². The van der Waals surface area contributed by atoms with Gasteiger partial charge in [-0.3, -0.25) is 0 Å². The first-order chi connectivity index (χ1) is 8.83. The lowest BCUT2D eigenvalue weighted by molar-refractivity contribution is 0.00235. The van der Waals surface area contributed by atoms with Gasteiger partial charge in [0.15, 0.2) is 0 Å². The number of hydrogen-bond acceptors (Lipinski definition) is 4. The van der Waals surface area contributed by atoms with E-state index in [1.807, 2.05) is 25.7 Å². The number of piperidine rings is 1. The fourth-order valence-corrected chi connectivity index (χ4v) is 2.46. The van der Waals surface area contributed by atoms with Crippen molar-refractivity contribution in [3.05, 3.63) is 0 Å². The number of likely N-dealkylation sites (tertiary alicyclic amines) is 1. The predicted octanol–water partition coefficient (Wildman–Crippen LogP) is 2.71. The van der Waals surface area contributed by atoms with E-state index >= 15 is 0 Å². The van der Waals surface area contributed by atoms with Gasteiger partial charge in [-0.05, 0) is 53.4 Å². The molecule has 0 aromatic carbocycles. The van der Waals surface area contributed by atoms with E-state index in [4.69, 9.17) is 9.57 Å². The molecule has 1 aliphatic rings. The van der Waals surface area contributed by atoms with Crippen LogP contribution in [0.4, 0.5) is 4.79 Å². The van der Waals surface area contributed by atoms with Crippen molar-refractivity contribution in [2.45, 2.75) is 71.1 Å². The molecule has 1 aliphatic heterocycles. The molecule has 1 rings (SSSR count). The molecule has 19 heavy (non-hydrogen) atoms. The van der Waals surface area contributed by atoms with Crippen LogP contribution in [-0.4, -0.2) is 42.3 Å². The second-order valence-corrected chi connectivity index (χ2v) is 6.28. The second-order valence-electron chi connectivity index (χ2n) is 6.28. The first-order valence-electron chi connectivity index (χ1n) is 7.11. The van der Waals surface area contributed by atoms with E-state index in [1.54, 1.807) is 7.11 Å². The van der Waals surface area contributed by atoms with Gasteiger partial charge < -0.3 is 14.5 Å². The quantitative estimate of drug-likeness (QED) is 0.799. The monoisotopic (exact) mass is 272 g/mol. The van der Waals surface area contributed by atoms with Crippen LogP contribution in [0.25, 0.3) is 0 Å². The lowest BCUT2D eigenvalue weighted by Crippen LogP contribution is -2.48. The summed E-state index contributed by atoms with van der Waals surface area (Å²) < 4.78 is 5.48. The number of amides is 1. The molecule has 0 bridgehead atoms. The smallest absolute Gasteiger partial charge is 0.410 e. The summed E-state index contributed by atoms with van der Waals surface area (Å²) in [6.07, 6.45) is 3.95. The van der Waals surface area contributed by atoms with Crippen LogP contribution in [0, 0.1) is 0 Å². The highest BCUT2D eigenvalue weighted by Crippen LogP contribution is 2.23. The fourth-order valence-electron chi connectivity index (χ4n) is 2.46. The number of rotatable bonds is 4. The summed E-state index contributed by atoms with van der Waals surface area (Å²) in [5, 5.41) is 0. The normalized spacial score (nSPS) is 22.2. The van der Waals surface area contributed by atoms with Gasteiger partial charge in [0.1, 0.15) is 5.60 Å². The zero-order valence-electron chi connectivity index (χ0n) is 12.9. The average Bonchev–Trinajstić information content (AvgIpc) is 2.27. The Morgan fingerprint density at radius 2 is 2.11 bits per heavy atom. The number of hydroxylamine groups is 1. The van der Waals surface area contributed by atoms with Gasteiger partial charge in [0.2, 0.25) is 0 Å². The summed E-state index contributed by atoms with van der Waals surface area (Å²) in [5.41, 5.74) is 2.49. The topological polar surface area (TPSA) is 50.8 Å². The van der Waals surface area contributed by atoms with Crippen molar-refractivity contribution in [3.63, 3.8) is 0 Å². The Morgan fingerprint density at radius 1 is 1.42 bits per heavy atom. The minimum atomic E-state index is -0.435. The van der Waals surface area contributed by atoms with E-state index in [0.717, 1.165) is 25.8 Å². The minimum absolute atomic E-state index is 0.193. The van der Waals surface area contributed by atoms with Crippen molar-refractivity contribution in [1.29, 1.82) is 0 Å². The molecule has 1 amide bonds. The maximum absolute atomic E-state index is 12.2. The Hall–Kier alpha value is -0.810. The summed E-state index contributed by atoms with van der Waals surface area (Å²) in [5.74, 6) is 0. The first-order valence-corrected chi connectivity index (χ1v) is 7.11. The number of nitrogens with zero attached hydrogens (tertiary/aromatic N) is 1. The van der Waals surface area contributed by atoms with Gasteiger partial charge in [-0.25, -0.2) is 10.3 Å². The van der Waals surface area contributed by atoms with Crippen LogP contribution in [-0.2, 0) is 9.57 Å². The van der Waals surface area contributed by atoms with E-state index in [0.29, 0.717) is 0 Å². The number of nitrogens with one attached hydrogen (secondary N) is 1. The number of carbonyl (C=O) groups is 1. The van der Waals surface area contributed by atoms with Crippen LogP contribution in [0.3, 0.4) is 0 Å². The molecule has 5 heteroatoms. The van der Waals surface area contributed by atoms with E-state index in [2.05, 4.69) is 12.4 Å². The van der Waals surface area contributed by atoms with Gasteiger partial charge in [0.05, 0.1) is 7.11 Å². The summed E-state index contributed by atoms with van der Waals surface area (Å²) in [6, 6.07) is 0.458. The Morgan fingerprint density at radius 3 is 2.68 bits per heavy atom. The standard InChI is InChI=1S/C14H28N2O3/c1-11(15-18-5)10-12-8-6-7-9-16(12)13(17)19-14(2,3)4/h11-12,15H,6-10H2,1-5H3. The second kappa shape index (κ2) is 7.10. The molecule has 2 unspecified atom stereocenters. The highest BCUT2D eigenvalue weighted by molar-refractivity contribution is 5.68. The van der Waals surface area contributed by atoms with Gasteiger partial charge in [-0.2, -0.15) is 0 Å². The molecule has 1 heterocycles. The maximum Gasteiger partial charge on any atom is 0.410 e. The average molecular weight is 272 g/mol. The van der Waals surface area contributed by atoms with Crippen molar-refractivity contribution in [2.24, 2.45) is 0 Å². The van der Waals surface area contributed by atoms with Crippen LogP contribution in [0.2, 0.25) is 0 Å². The lowest BCUT2D eigenvalue weighted by atomic mass is 9.97. The summed E-state index contributed by atoms with van der Waals surface area (Å²) >= 11 is 0. The van der Waals surface area contributed by atoms with E-state index < -0.39 is 5.60 Å². The molecule has 1 saturated heterocycles. The molecule has 0 aliphatic carbocycles. The maximum atomic E-state index is 12.2. The summed E-state index contributed by atoms with van der Waals surface area (Å²) in [7, 11) is 1.61. The van der Waals surface area contributed by atoms with Gasteiger partial charge in [-0.1, -0.05) is 0 Å². The minimum Gasteiger partial charge on any atom is -0.444 e. The van der Waals surface area contributed by atoms with Crippen LogP contribution in [0.1, 0.15) is 53.4 Å². The van der Waals surface area contributed by atoms with Crippen molar-refractivity contribution in [3.8, 4) is 0 Å². The van der Waals surface area contributed by atoms with Gasteiger partial charge in [0, 0.05) is 18.6 Å². The van der Waals surface area contributed by atoms with Crippen LogP contribution in [0.5, 0.6) is 0 Å². The molecule has 112 valence electrons. The molecular formula is C14H28N2O3. The Labute approximate surface area is 116 Å². The van der Waals surface area contributed by atoms with Crippen molar-refractivity contribution in [2.75, 3.05) is 13.7 Å². The molecule has 1 fully saturated rings. The third kappa shape index (κ3) is 5.78. The molecule has 5 nitrogen and oxygen atoms in total. The molecule has 0 radical (unpaired) electrons. The SMILES string of the molecule is CONC(C)CC1CCCCN1C(=O)OC(C)(C)C. The Bertz CT molecular complexity index is 289. The van der Waals surface area contributed by atoms with E-state index in [-0.39, 0.29) is 18.2 Å². The molecule has 0 spiro atoms. The van der Waals surface area contributed by atoms with Gasteiger partial charge in [0.25, 0.3) is 0 Å². The van der Waals surface area contributed by atoms with E-state index in [9.17, 15) is 4.79 Å². The third-order valence-electron chi connectivity index (χ3n) is 3.20. The molecule has 2 atom stereocenters. The molecular weight excluding hydrogens is 244 g/mol. The fraction of sp³-hybridized carbons (Fsp3) is 0.929. The Balaban J connectivity index is 2.59. The highest BCUT2D eigenvalue weighted by atomic mass is 16.6. The largest absolute Gasteiger partial charge is 0.444 e.